The van der Waals surface area contributed by atoms with Crippen molar-refractivity contribution < 1.29 is 14.3 Å². The first kappa shape index (κ1) is 17.9. The average molecular weight is 327 g/mol. The quantitative estimate of drug-likeness (QED) is 0.806. The summed E-state index contributed by atoms with van der Waals surface area (Å²) in [5.41, 5.74) is 2.16. The molecule has 2 rings (SSSR count). The van der Waals surface area contributed by atoms with Crippen molar-refractivity contribution in [2.24, 2.45) is 0 Å². The van der Waals surface area contributed by atoms with Gasteiger partial charge < -0.3 is 14.8 Å². The molecule has 0 bridgehead atoms. The van der Waals surface area contributed by atoms with E-state index in [2.05, 4.69) is 5.32 Å². The van der Waals surface area contributed by atoms with Gasteiger partial charge in [-0.25, -0.2) is 0 Å². The summed E-state index contributed by atoms with van der Waals surface area (Å²) < 4.78 is 10.5. The Kier molecular flexibility index (Phi) is 6.67. The van der Waals surface area contributed by atoms with Gasteiger partial charge in [-0.2, -0.15) is 0 Å². The number of methoxy groups -OCH3 is 2. The van der Waals surface area contributed by atoms with E-state index in [-0.39, 0.29) is 11.8 Å². The van der Waals surface area contributed by atoms with Crippen molar-refractivity contribution >= 4 is 5.91 Å². The first-order valence-electron chi connectivity index (χ1n) is 8.23. The molecule has 0 saturated heterocycles. The molecule has 0 fully saturated rings. The molecule has 0 heterocycles. The van der Waals surface area contributed by atoms with Crippen molar-refractivity contribution in [3.63, 3.8) is 0 Å². The molecule has 4 nitrogen and oxygen atoms in total. The van der Waals surface area contributed by atoms with E-state index in [0.717, 1.165) is 24.0 Å². The predicted octanol–water partition coefficient (Wildman–Crippen LogP) is 3.56. The molecular weight excluding hydrogens is 302 g/mol. The maximum absolute atomic E-state index is 12.4. The van der Waals surface area contributed by atoms with Crippen molar-refractivity contribution in [1.82, 2.24) is 5.32 Å². The normalized spacial score (nSPS) is 11.6. The molecule has 2 aromatic rings. The van der Waals surface area contributed by atoms with Crippen molar-refractivity contribution in [1.29, 1.82) is 0 Å². The van der Waals surface area contributed by atoms with Crippen LogP contribution in [0.25, 0.3) is 0 Å². The van der Waals surface area contributed by atoms with E-state index in [1.165, 1.54) is 0 Å². The van der Waals surface area contributed by atoms with Crippen LogP contribution in [0.5, 0.6) is 11.5 Å². The highest BCUT2D eigenvalue weighted by Gasteiger charge is 2.17. The number of rotatable bonds is 8. The molecule has 0 aliphatic rings. The van der Waals surface area contributed by atoms with Gasteiger partial charge in [0.15, 0.2) is 11.5 Å². The molecular formula is C20H25NO3. The molecule has 1 amide bonds. The Morgan fingerprint density at radius 1 is 1.04 bits per heavy atom. The maximum Gasteiger partial charge on any atom is 0.227 e. The summed E-state index contributed by atoms with van der Waals surface area (Å²) in [4.78, 5) is 12.4. The molecule has 0 unspecified atom stereocenters. The van der Waals surface area contributed by atoms with Gasteiger partial charge in [0, 0.05) is 6.54 Å². The fourth-order valence-corrected chi connectivity index (χ4v) is 2.75. The van der Waals surface area contributed by atoms with Crippen LogP contribution < -0.4 is 14.8 Å². The molecule has 1 atom stereocenters. The summed E-state index contributed by atoms with van der Waals surface area (Å²) in [7, 11) is 3.24. The number of carbonyl (C=O) groups excluding carboxylic acids is 1. The zero-order valence-electron chi connectivity index (χ0n) is 14.5. The van der Waals surface area contributed by atoms with Crippen LogP contribution in [0.15, 0.2) is 48.5 Å². The highest BCUT2D eigenvalue weighted by molar-refractivity contribution is 5.83. The zero-order valence-corrected chi connectivity index (χ0v) is 14.5. The third kappa shape index (κ3) is 4.51. The van der Waals surface area contributed by atoms with Crippen LogP contribution >= 0.6 is 0 Å². The van der Waals surface area contributed by atoms with Crippen LogP contribution in [0.4, 0.5) is 0 Å². The van der Waals surface area contributed by atoms with E-state index in [4.69, 9.17) is 9.47 Å². The Labute approximate surface area is 143 Å². The van der Waals surface area contributed by atoms with Crippen LogP contribution in [-0.4, -0.2) is 26.7 Å². The summed E-state index contributed by atoms with van der Waals surface area (Å²) in [6.45, 7) is 2.63. The number of nitrogens with one attached hydrogen (secondary N) is 1. The van der Waals surface area contributed by atoms with E-state index in [1.807, 2.05) is 55.5 Å². The average Bonchev–Trinajstić information content (AvgIpc) is 2.63. The molecule has 1 N–H and O–H groups in total. The number of carbonyl (C=O) groups is 1. The fourth-order valence-electron chi connectivity index (χ4n) is 2.75. The lowest BCUT2D eigenvalue weighted by molar-refractivity contribution is -0.122. The first-order valence-corrected chi connectivity index (χ1v) is 8.23. The summed E-state index contributed by atoms with van der Waals surface area (Å²) >= 11 is 0. The lowest BCUT2D eigenvalue weighted by Gasteiger charge is -2.15. The molecule has 0 aromatic heterocycles. The molecule has 128 valence electrons. The lowest BCUT2D eigenvalue weighted by Crippen LogP contribution is -2.30. The molecule has 24 heavy (non-hydrogen) atoms. The van der Waals surface area contributed by atoms with Crippen molar-refractivity contribution in [2.75, 3.05) is 20.8 Å². The van der Waals surface area contributed by atoms with E-state index >= 15 is 0 Å². The van der Waals surface area contributed by atoms with Crippen molar-refractivity contribution in [3.05, 3.63) is 59.7 Å². The van der Waals surface area contributed by atoms with Gasteiger partial charge in [-0.3, -0.25) is 4.79 Å². The number of hydrogen-bond acceptors (Lipinski definition) is 3. The van der Waals surface area contributed by atoms with Crippen molar-refractivity contribution in [3.8, 4) is 11.5 Å². The second-order valence-electron chi connectivity index (χ2n) is 5.60. The summed E-state index contributed by atoms with van der Waals surface area (Å²) in [6.07, 6.45) is 1.53. The number of ether oxygens (including phenoxy) is 2. The van der Waals surface area contributed by atoms with Crippen molar-refractivity contribution in [2.45, 2.75) is 25.7 Å². The van der Waals surface area contributed by atoms with Gasteiger partial charge in [0.05, 0.1) is 20.1 Å². The molecule has 2 aromatic carbocycles. The molecule has 0 aliphatic heterocycles. The minimum atomic E-state index is -0.100. The third-order valence-corrected chi connectivity index (χ3v) is 4.09. The SMILES string of the molecule is CC[C@@H](C(=O)NCCc1ccc(OC)c(OC)c1)c1ccccc1. The summed E-state index contributed by atoms with van der Waals surface area (Å²) in [5.74, 6) is 1.39. The summed E-state index contributed by atoms with van der Waals surface area (Å²) in [6, 6.07) is 15.7. The van der Waals surface area contributed by atoms with E-state index in [9.17, 15) is 4.79 Å². The smallest absolute Gasteiger partial charge is 0.227 e. The highest BCUT2D eigenvalue weighted by atomic mass is 16.5. The minimum absolute atomic E-state index is 0.0733. The monoisotopic (exact) mass is 327 g/mol. The largest absolute Gasteiger partial charge is 0.493 e. The topological polar surface area (TPSA) is 47.6 Å². The van der Waals surface area contributed by atoms with Crippen LogP contribution in [0.3, 0.4) is 0 Å². The highest BCUT2D eigenvalue weighted by Crippen LogP contribution is 2.27. The molecule has 0 aliphatic carbocycles. The summed E-state index contributed by atoms with van der Waals surface area (Å²) in [5, 5.41) is 3.04. The van der Waals surface area contributed by atoms with Gasteiger partial charge >= 0.3 is 0 Å². The fraction of sp³-hybridized carbons (Fsp3) is 0.350. The standard InChI is InChI=1S/C20H25NO3/c1-4-17(16-8-6-5-7-9-16)20(22)21-13-12-15-10-11-18(23-2)19(14-15)24-3/h5-11,14,17H,4,12-13H2,1-3H3,(H,21,22)/t17-/m1/s1. The second kappa shape index (κ2) is 8.96. The molecule has 4 heteroatoms. The van der Waals surface area contributed by atoms with E-state index < -0.39 is 0 Å². The Hall–Kier alpha value is -2.49. The zero-order chi connectivity index (χ0) is 17.4. The van der Waals surface area contributed by atoms with Gasteiger partial charge in [-0.05, 0) is 36.1 Å². The van der Waals surface area contributed by atoms with E-state index in [1.54, 1.807) is 14.2 Å². The Morgan fingerprint density at radius 3 is 2.38 bits per heavy atom. The predicted molar refractivity (Wildman–Crippen MR) is 95.7 cm³/mol. The van der Waals surface area contributed by atoms with Gasteiger partial charge in [-0.15, -0.1) is 0 Å². The first-order chi connectivity index (χ1) is 11.7. The Bertz CT molecular complexity index is 655. The minimum Gasteiger partial charge on any atom is -0.493 e. The molecule has 0 spiro atoms. The van der Waals surface area contributed by atoms with Crippen LogP contribution in [0, 0.1) is 0 Å². The van der Waals surface area contributed by atoms with Crippen LogP contribution in [-0.2, 0) is 11.2 Å². The third-order valence-electron chi connectivity index (χ3n) is 4.09. The number of benzene rings is 2. The van der Waals surface area contributed by atoms with Gasteiger partial charge in [0.1, 0.15) is 0 Å². The Morgan fingerprint density at radius 2 is 1.75 bits per heavy atom. The van der Waals surface area contributed by atoms with Gasteiger partial charge in [0.25, 0.3) is 0 Å². The van der Waals surface area contributed by atoms with E-state index in [0.29, 0.717) is 18.0 Å². The second-order valence-corrected chi connectivity index (χ2v) is 5.60. The molecule has 0 saturated carbocycles. The van der Waals surface area contributed by atoms with Gasteiger partial charge in [0.2, 0.25) is 5.91 Å². The van der Waals surface area contributed by atoms with Gasteiger partial charge in [-0.1, -0.05) is 43.3 Å². The van der Waals surface area contributed by atoms with Crippen LogP contribution in [0.2, 0.25) is 0 Å². The van der Waals surface area contributed by atoms with Crippen LogP contribution in [0.1, 0.15) is 30.4 Å². The Balaban J connectivity index is 1.92. The lowest BCUT2D eigenvalue weighted by atomic mass is 9.95. The molecule has 0 radical (unpaired) electrons. The maximum atomic E-state index is 12.4. The number of hydrogen-bond donors (Lipinski definition) is 1. The number of amides is 1.